The van der Waals surface area contributed by atoms with Gasteiger partial charge in [-0.1, -0.05) is 52.0 Å². The van der Waals surface area contributed by atoms with Crippen LogP contribution in [0.4, 0.5) is 0 Å². The fraction of sp³-hybridized carbons (Fsp3) is 0.417. The molecule has 0 radical (unpaired) electrons. The van der Waals surface area contributed by atoms with Gasteiger partial charge in [-0.15, -0.1) is 20.5 Å². The van der Waals surface area contributed by atoms with E-state index in [-0.39, 0.29) is 47.4 Å². The first-order chi connectivity index (χ1) is 19.2. The zero-order valence-corrected chi connectivity index (χ0v) is 28.5. The second-order valence-electron chi connectivity index (χ2n) is 9.45. The minimum atomic E-state index is -4.94. The van der Waals surface area contributed by atoms with Crippen LogP contribution in [0.5, 0.6) is 0 Å². The van der Waals surface area contributed by atoms with Crippen molar-refractivity contribution in [3.05, 3.63) is 47.8 Å². The second-order valence-corrected chi connectivity index (χ2v) is 11.0. The maximum absolute atomic E-state index is 11.4. The minimum Gasteiger partial charge on any atom is -0.480 e. The molecule has 19 heteroatoms. The van der Waals surface area contributed by atoms with Crippen LogP contribution in [-0.2, 0) is 22.7 Å². The van der Waals surface area contributed by atoms with Gasteiger partial charge in [-0.05, 0) is 24.0 Å². The van der Waals surface area contributed by atoms with Gasteiger partial charge in [-0.2, -0.15) is 0 Å². The monoisotopic (exact) mass is 775 g/mol. The number of pyridine rings is 2. The first-order valence-electron chi connectivity index (χ1n) is 12.0. The van der Waals surface area contributed by atoms with Crippen molar-refractivity contribution in [1.82, 2.24) is 20.6 Å². The molecule has 234 valence electrons. The molecule has 0 fully saturated rings. The molecule has 0 aliphatic rings. The summed E-state index contributed by atoms with van der Waals surface area (Å²) in [4.78, 5) is 32.4. The average molecular weight is 776 g/mol. The van der Waals surface area contributed by atoms with Crippen LogP contribution in [0.15, 0.2) is 36.4 Å². The molecule has 0 aliphatic carbocycles. The molecule has 2 heterocycles. The maximum Gasteiger partial charge on any atom is 3.00 e. The first kappa shape index (κ1) is 41.4. The van der Waals surface area contributed by atoms with E-state index < -0.39 is 44.5 Å². The third-order valence-electron chi connectivity index (χ3n) is 5.51. The van der Waals surface area contributed by atoms with Crippen molar-refractivity contribution >= 4 is 33.7 Å². The Morgan fingerprint density at radius 3 is 1.14 bits per heavy atom. The van der Waals surface area contributed by atoms with E-state index in [1.165, 1.54) is 0 Å². The number of nitrogens with zero attached hydrogens (tertiary/aromatic N) is 2. The molecule has 0 unspecified atom stereocenters. The van der Waals surface area contributed by atoms with Gasteiger partial charge in [0.15, 0.2) is 0 Å². The molecule has 0 saturated heterocycles. The number of hydrogen-bond donors (Lipinski definition) is 4. The molecule has 2 aromatic heterocycles. The largest absolute Gasteiger partial charge is 3.00 e. The van der Waals surface area contributed by atoms with E-state index in [2.05, 4.69) is 10.6 Å². The zero-order valence-electron chi connectivity index (χ0n) is 23.4. The van der Waals surface area contributed by atoms with E-state index in [4.69, 9.17) is 47.2 Å². The topological polar surface area (TPSA) is 309 Å². The minimum absolute atomic E-state index is 0. The summed E-state index contributed by atoms with van der Waals surface area (Å²) < 4.78 is 67.9. The average Bonchev–Trinajstić information content (AvgIpc) is 2.81. The summed E-state index contributed by atoms with van der Waals surface area (Å²) in [5.41, 5.74) is 2.93. The van der Waals surface area contributed by atoms with Crippen molar-refractivity contribution in [2.24, 2.45) is 11.8 Å². The number of hydrogen-bond acceptors (Lipinski definition) is 14. The summed E-state index contributed by atoms with van der Waals surface area (Å²) in [6, 6.07) is 10.3. The molecule has 1 aromatic carbocycles. The summed E-state index contributed by atoms with van der Waals surface area (Å²) >= 11 is 0. The third-order valence-corrected chi connectivity index (χ3v) is 5.51. The van der Waals surface area contributed by atoms with E-state index in [1.54, 1.807) is 0 Å². The number of benzene rings is 1. The number of fused-ring (bicyclic) bond motifs is 3. The first-order valence-corrected chi connectivity index (χ1v) is 14.5. The molecule has 0 spiro atoms. The summed E-state index contributed by atoms with van der Waals surface area (Å²) in [7, 11) is -9.89. The van der Waals surface area contributed by atoms with Crippen molar-refractivity contribution in [2.75, 3.05) is 0 Å². The number of carboxylic acids is 2. The van der Waals surface area contributed by atoms with E-state index in [1.807, 2.05) is 64.1 Å². The van der Waals surface area contributed by atoms with E-state index in [9.17, 15) is 19.8 Å². The molecule has 0 amide bonds. The van der Waals surface area contributed by atoms with Crippen molar-refractivity contribution in [3.63, 3.8) is 0 Å². The Morgan fingerprint density at radius 1 is 0.651 bits per heavy atom. The van der Waals surface area contributed by atoms with Gasteiger partial charge >= 0.3 is 47.5 Å². The molecule has 43 heavy (non-hydrogen) atoms. The Balaban J connectivity index is 0.00000139. The molecule has 3 rings (SSSR count). The Hall–Kier alpha value is -1.65. The van der Waals surface area contributed by atoms with Crippen molar-refractivity contribution in [3.8, 4) is 0 Å². The smallest absolute Gasteiger partial charge is 0.480 e. The maximum atomic E-state index is 11.4. The molecule has 3 aromatic rings. The fourth-order valence-corrected chi connectivity index (χ4v) is 3.69. The number of aliphatic carboxylic acids is 2. The Labute approximate surface area is 278 Å². The normalized spacial score (nSPS) is 13.0. The molecule has 4 N–H and O–H groups in total. The van der Waals surface area contributed by atoms with Crippen LogP contribution >= 0.6 is 0 Å². The van der Waals surface area contributed by atoms with Gasteiger partial charge in [0.25, 0.3) is 0 Å². The fourth-order valence-electron chi connectivity index (χ4n) is 3.69. The Bertz CT molecular complexity index is 1230. The summed E-state index contributed by atoms with van der Waals surface area (Å²) in [5, 5.41) is 26.8. The molecule has 16 nitrogen and oxygen atoms in total. The molecular formula is C24H30Cl2LaN4O12+. The zero-order chi connectivity index (χ0) is 32.4. The van der Waals surface area contributed by atoms with E-state index in [0.29, 0.717) is 13.1 Å². The van der Waals surface area contributed by atoms with Gasteiger partial charge in [-0.25, -0.2) is 47.2 Å². The molecule has 2 atom stereocenters. The Morgan fingerprint density at radius 2 is 0.907 bits per heavy atom. The molecule has 0 saturated carbocycles. The SMILES string of the molecule is CC(C)[C@H](NCc1ccc2ccc3ccc(CN[C@@H](C(=O)O)C(C)C)nc3c2n1)C(=O)O.[La+3].[O-][Cl+3]([O-])([O-])[O-].[O-][Cl+3]([O-])([O-])[O-]. The number of carboxylic acid groups (broad SMARTS) is 2. The van der Waals surface area contributed by atoms with E-state index >= 15 is 0 Å². The van der Waals surface area contributed by atoms with Crippen LogP contribution in [0.25, 0.3) is 21.8 Å². The van der Waals surface area contributed by atoms with Crippen LogP contribution < -0.4 is 47.9 Å². The van der Waals surface area contributed by atoms with Crippen LogP contribution in [0.3, 0.4) is 0 Å². The molecular weight excluding hydrogens is 746 g/mol. The third kappa shape index (κ3) is 16.9. The van der Waals surface area contributed by atoms with Gasteiger partial charge < -0.3 is 10.2 Å². The summed E-state index contributed by atoms with van der Waals surface area (Å²) in [5.74, 6) is -1.87. The number of halogens is 2. The molecule has 0 bridgehead atoms. The van der Waals surface area contributed by atoms with Crippen LogP contribution in [-0.4, -0.2) is 44.2 Å². The summed E-state index contributed by atoms with van der Waals surface area (Å²) in [6.07, 6.45) is 0. The van der Waals surface area contributed by atoms with Crippen LogP contribution in [0.1, 0.15) is 39.1 Å². The predicted molar refractivity (Wildman–Crippen MR) is 123 cm³/mol. The van der Waals surface area contributed by atoms with Gasteiger partial charge in [0.2, 0.25) is 0 Å². The van der Waals surface area contributed by atoms with Crippen molar-refractivity contribution in [1.29, 1.82) is 0 Å². The summed E-state index contributed by atoms with van der Waals surface area (Å²) in [6.45, 7) is 8.11. The quantitative estimate of drug-likeness (QED) is 0.139. The van der Waals surface area contributed by atoms with Gasteiger partial charge in [0, 0.05) is 23.9 Å². The van der Waals surface area contributed by atoms with Crippen molar-refractivity contribution in [2.45, 2.75) is 52.9 Å². The van der Waals surface area contributed by atoms with Crippen LogP contribution in [0, 0.1) is 67.9 Å². The number of carbonyl (C=O) groups is 2. The van der Waals surface area contributed by atoms with Gasteiger partial charge in [-0.3, -0.25) is 20.2 Å². The van der Waals surface area contributed by atoms with E-state index in [0.717, 1.165) is 33.2 Å². The standard InChI is InChI=1S/C24H30N4O4.2ClHO4.La/c1-13(2)19(23(29)30)25-11-17-9-7-15-5-6-16-8-10-18(28-22(16)21(15)27-17)12-26-20(14(3)4)24(31)32;2*2-1(3,4)5;/h5-10,13-14,19-20,25-26H,11-12H2,1-4H3,(H,29,30)(H,31,32);2*(H,2,3,4,5);/q;;;+3/p-2/t19-,20+;;;. The van der Waals surface area contributed by atoms with Gasteiger partial charge in [0.05, 0.1) is 22.4 Å². The number of nitrogens with one attached hydrogen (secondary N) is 2. The van der Waals surface area contributed by atoms with Crippen molar-refractivity contribution < 1.29 is 113 Å². The number of aromatic nitrogens is 2. The predicted octanol–water partition coefficient (Wildman–Crippen LogP) is -6.33. The molecule has 0 aliphatic heterocycles. The van der Waals surface area contributed by atoms with Crippen LogP contribution in [0.2, 0.25) is 0 Å². The second kappa shape index (κ2) is 18.4. The van der Waals surface area contributed by atoms with Gasteiger partial charge in [0.1, 0.15) is 12.1 Å². The number of rotatable bonds is 10. The Kier molecular flexibility index (Phi) is 17.7.